The summed E-state index contributed by atoms with van der Waals surface area (Å²) in [6, 6.07) is 1.46. The molecule has 0 saturated carbocycles. The van der Waals surface area contributed by atoms with Crippen molar-refractivity contribution in [3.05, 3.63) is 0 Å². The van der Waals surface area contributed by atoms with Gasteiger partial charge in [0.25, 0.3) is 0 Å². The van der Waals surface area contributed by atoms with Crippen molar-refractivity contribution in [1.29, 1.82) is 0 Å². The molecule has 1 saturated heterocycles. The highest BCUT2D eigenvalue weighted by molar-refractivity contribution is 4.85. The van der Waals surface area contributed by atoms with Crippen LogP contribution in [0.4, 0.5) is 0 Å². The van der Waals surface area contributed by atoms with Gasteiger partial charge in [0.1, 0.15) is 0 Å². The predicted octanol–water partition coefficient (Wildman–Crippen LogP) is 1.08. The first-order valence-corrected chi connectivity index (χ1v) is 6.15. The van der Waals surface area contributed by atoms with Crippen LogP contribution in [0, 0.1) is 5.92 Å². The topological polar surface area (TPSA) is 35.5 Å². The maximum atomic E-state index is 9.26. The molecule has 0 aromatic carbocycles. The lowest BCUT2D eigenvalue weighted by Gasteiger charge is -2.25. The molecule has 1 aliphatic heterocycles. The molecule has 3 heteroatoms. The van der Waals surface area contributed by atoms with Gasteiger partial charge in [0.05, 0.1) is 6.61 Å². The Morgan fingerprint density at radius 3 is 2.40 bits per heavy atom. The first kappa shape index (κ1) is 12.9. The van der Waals surface area contributed by atoms with Gasteiger partial charge in [0, 0.05) is 24.7 Å². The fourth-order valence-electron chi connectivity index (χ4n) is 2.15. The Hall–Kier alpha value is -0.120. The van der Waals surface area contributed by atoms with Crippen LogP contribution in [0.3, 0.4) is 0 Å². The van der Waals surface area contributed by atoms with Crippen LogP contribution in [0.15, 0.2) is 0 Å². The summed E-state index contributed by atoms with van der Waals surface area (Å²) < 4.78 is 0. The van der Waals surface area contributed by atoms with Gasteiger partial charge in [-0.15, -0.1) is 0 Å². The van der Waals surface area contributed by atoms with Crippen molar-refractivity contribution in [2.24, 2.45) is 5.92 Å². The SMILES string of the molecule is CC(C)C(CO)NC1CCN(C(C)C)C1. The number of likely N-dealkylation sites (tertiary alicyclic amines) is 1. The Kier molecular flexibility index (Phi) is 5.03. The van der Waals surface area contributed by atoms with Crippen LogP contribution in [0.5, 0.6) is 0 Å². The Labute approximate surface area is 93.9 Å². The van der Waals surface area contributed by atoms with Crippen LogP contribution in [0.1, 0.15) is 34.1 Å². The minimum absolute atomic E-state index is 0.246. The van der Waals surface area contributed by atoms with Crippen LogP contribution in [0.2, 0.25) is 0 Å². The number of nitrogens with zero attached hydrogens (tertiary/aromatic N) is 1. The Morgan fingerprint density at radius 2 is 2.00 bits per heavy atom. The standard InChI is InChI=1S/C12H26N2O/c1-9(2)12(8-15)13-11-5-6-14(7-11)10(3)4/h9-13,15H,5-8H2,1-4H3. The summed E-state index contributed by atoms with van der Waals surface area (Å²) in [4.78, 5) is 2.49. The van der Waals surface area contributed by atoms with Gasteiger partial charge in [-0.25, -0.2) is 0 Å². The fraction of sp³-hybridized carbons (Fsp3) is 1.00. The van der Waals surface area contributed by atoms with E-state index in [-0.39, 0.29) is 12.6 Å². The number of aliphatic hydroxyl groups excluding tert-OH is 1. The van der Waals surface area contributed by atoms with Gasteiger partial charge in [-0.2, -0.15) is 0 Å². The molecule has 2 N–H and O–H groups in total. The first-order valence-electron chi connectivity index (χ1n) is 6.15. The highest BCUT2D eigenvalue weighted by atomic mass is 16.3. The molecular weight excluding hydrogens is 188 g/mol. The van der Waals surface area contributed by atoms with E-state index < -0.39 is 0 Å². The molecule has 2 atom stereocenters. The zero-order valence-electron chi connectivity index (χ0n) is 10.5. The van der Waals surface area contributed by atoms with Crippen molar-refractivity contribution in [2.45, 2.75) is 52.2 Å². The number of hydrogen-bond acceptors (Lipinski definition) is 3. The van der Waals surface area contributed by atoms with Crippen LogP contribution in [-0.2, 0) is 0 Å². The van der Waals surface area contributed by atoms with E-state index >= 15 is 0 Å². The summed E-state index contributed by atoms with van der Waals surface area (Å²) in [5.41, 5.74) is 0. The monoisotopic (exact) mass is 214 g/mol. The molecule has 15 heavy (non-hydrogen) atoms. The van der Waals surface area contributed by atoms with Crippen molar-refractivity contribution in [3.63, 3.8) is 0 Å². The molecule has 3 nitrogen and oxygen atoms in total. The third-order valence-electron chi connectivity index (χ3n) is 3.40. The smallest absolute Gasteiger partial charge is 0.0587 e. The molecule has 2 unspecified atom stereocenters. The molecule has 0 amide bonds. The molecule has 1 aliphatic rings. The Bertz CT molecular complexity index is 182. The molecule has 1 fully saturated rings. The normalized spacial score (nSPS) is 25.4. The van der Waals surface area contributed by atoms with Crippen molar-refractivity contribution < 1.29 is 5.11 Å². The lowest BCUT2D eigenvalue weighted by Crippen LogP contribution is -2.45. The van der Waals surface area contributed by atoms with Gasteiger partial charge in [-0.3, -0.25) is 4.90 Å². The summed E-state index contributed by atoms with van der Waals surface area (Å²) in [5, 5.41) is 12.8. The van der Waals surface area contributed by atoms with E-state index in [0.29, 0.717) is 18.0 Å². The van der Waals surface area contributed by atoms with E-state index in [1.165, 1.54) is 13.0 Å². The van der Waals surface area contributed by atoms with Gasteiger partial charge >= 0.3 is 0 Å². The molecule has 0 aromatic heterocycles. The number of aliphatic hydroxyl groups is 1. The third kappa shape index (κ3) is 3.74. The van der Waals surface area contributed by atoms with E-state index in [1.54, 1.807) is 0 Å². The summed E-state index contributed by atoms with van der Waals surface area (Å²) in [7, 11) is 0. The average Bonchev–Trinajstić information content (AvgIpc) is 2.61. The second-order valence-corrected chi connectivity index (χ2v) is 5.27. The summed E-state index contributed by atoms with van der Waals surface area (Å²) in [6.45, 7) is 11.4. The summed E-state index contributed by atoms with van der Waals surface area (Å²) in [6.07, 6.45) is 1.21. The van der Waals surface area contributed by atoms with E-state index in [0.717, 1.165) is 6.54 Å². The first-order chi connectivity index (χ1) is 7.04. The van der Waals surface area contributed by atoms with Crippen molar-refractivity contribution in [1.82, 2.24) is 10.2 Å². The maximum Gasteiger partial charge on any atom is 0.0587 e. The fourth-order valence-corrected chi connectivity index (χ4v) is 2.15. The van der Waals surface area contributed by atoms with Crippen molar-refractivity contribution in [3.8, 4) is 0 Å². The van der Waals surface area contributed by atoms with E-state index in [4.69, 9.17) is 0 Å². The van der Waals surface area contributed by atoms with Crippen LogP contribution < -0.4 is 5.32 Å². The molecule has 0 spiro atoms. The summed E-state index contributed by atoms with van der Waals surface area (Å²) in [5.74, 6) is 0.503. The van der Waals surface area contributed by atoms with E-state index in [9.17, 15) is 5.11 Å². The largest absolute Gasteiger partial charge is 0.395 e. The van der Waals surface area contributed by atoms with Gasteiger partial charge in [-0.1, -0.05) is 13.8 Å². The van der Waals surface area contributed by atoms with Gasteiger partial charge in [0.2, 0.25) is 0 Å². The van der Waals surface area contributed by atoms with E-state index in [1.807, 2.05) is 0 Å². The molecule has 1 heterocycles. The Balaban J connectivity index is 2.34. The molecule has 0 aliphatic carbocycles. The highest BCUT2D eigenvalue weighted by Crippen LogP contribution is 2.14. The molecule has 0 aromatic rings. The average molecular weight is 214 g/mol. The van der Waals surface area contributed by atoms with Gasteiger partial charge < -0.3 is 10.4 Å². The molecular formula is C12H26N2O. The lowest BCUT2D eigenvalue weighted by molar-refractivity contribution is 0.195. The quantitative estimate of drug-likeness (QED) is 0.719. The maximum absolute atomic E-state index is 9.26. The lowest BCUT2D eigenvalue weighted by atomic mass is 10.0. The number of nitrogens with one attached hydrogen (secondary N) is 1. The van der Waals surface area contributed by atoms with Crippen LogP contribution in [-0.4, -0.2) is 47.8 Å². The highest BCUT2D eigenvalue weighted by Gasteiger charge is 2.26. The molecule has 0 radical (unpaired) electrons. The predicted molar refractivity (Wildman–Crippen MR) is 64.0 cm³/mol. The zero-order chi connectivity index (χ0) is 11.4. The number of rotatable bonds is 5. The Morgan fingerprint density at radius 1 is 1.33 bits per heavy atom. The van der Waals surface area contributed by atoms with Crippen LogP contribution >= 0.6 is 0 Å². The molecule has 90 valence electrons. The second-order valence-electron chi connectivity index (χ2n) is 5.27. The van der Waals surface area contributed by atoms with Crippen molar-refractivity contribution >= 4 is 0 Å². The zero-order valence-corrected chi connectivity index (χ0v) is 10.5. The van der Waals surface area contributed by atoms with Gasteiger partial charge in [0.15, 0.2) is 0 Å². The minimum atomic E-state index is 0.246. The van der Waals surface area contributed by atoms with Crippen molar-refractivity contribution in [2.75, 3.05) is 19.7 Å². The van der Waals surface area contributed by atoms with E-state index in [2.05, 4.69) is 37.9 Å². The van der Waals surface area contributed by atoms with Crippen LogP contribution in [0.25, 0.3) is 0 Å². The summed E-state index contributed by atoms with van der Waals surface area (Å²) >= 11 is 0. The molecule has 0 bridgehead atoms. The number of hydrogen-bond donors (Lipinski definition) is 2. The third-order valence-corrected chi connectivity index (χ3v) is 3.40. The minimum Gasteiger partial charge on any atom is -0.395 e. The molecule has 1 rings (SSSR count). The van der Waals surface area contributed by atoms with Gasteiger partial charge in [-0.05, 0) is 32.7 Å². The second kappa shape index (κ2) is 5.83.